The van der Waals surface area contributed by atoms with E-state index in [1.807, 2.05) is 0 Å². The van der Waals surface area contributed by atoms with E-state index in [-0.39, 0.29) is 11.0 Å². The van der Waals surface area contributed by atoms with E-state index in [0.717, 1.165) is 8.58 Å². The zero-order valence-corrected chi connectivity index (χ0v) is 9.27. The lowest BCUT2D eigenvalue weighted by molar-refractivity contribution is 0.823. The molecule has 0 fully saturated rings. The quantitative estimate of drug-likeness (QED) is 0.670. The normalized spacial score (nSPS) is 8.53. The maximum absolute atomic E-state index is 2.17. The maximum Gasteiger partial charge on any atom is -0.0226 e. The minimum Gasteiger partial charge on any atom is -0.412 e. The molecule has 2 rings (SSSR count). The van der Waals surface area contributed by atoms with Gasteiger partial charge in [0.25, 0.3) is 0 Å². The van der Waals surface area contributed by atoms with Gasteiger partial charge < -0.3 is 11.0 Å². The molecular weight excluding hydrogens is 207 g/mol. The van der Waals surface area contributed by atoms with Gasteiger partial charge in [-0.1, -0.05) is 69.2 Å². The van der Waals surface area contributed by atoms with Gasteiger partial charge in [0.2, 0.25) is 0 Å². The van der Waals surface area contributed by atoms with E-state index in [9.17, 15) is 0 Å². The Hall–Kier alpha value is -1.21. The fraction of sp³-hybridized carbons (Fsp3) is 0. The van der Waals surface area contributed by atoms with E-state index in [2.05, 4.69) is 60.7 Å². The zero-order valence-electron chi connectivity index (χ0n) is 8.27. The molecule has 0 unspecified atom stereocenters. The molecule has 0 amide bonds. The molecule has 3 heteroatoms. The van der Waals surface area contributed by atoms with Crippen LogP contribution in [-0.4, -0.2) is 11.0 Å². The SMILES string of the molecule is O.O.c1ccc(Pc2ccccc2)cc1. The van der Waals surface area contributed by atoms with Gasteiger partial charge in [-0.15, -0.1) is 0 Å². The summed E-state index contributed by atoms with van der Waals surface area (Å²) in [7, 11) is 0.777. The third-order valence-electron chi connectivity index (χ3n) is 1.84. The second-order valence-electron chi connectivity index (χ2n) is 2.86. The molecule has 0 aliphatic carbocycles. The number of hydrogen-bond donors (Lipinski definition) is 0. The van der Waals surface area contributed by atoms with Crippen molar-refractivity contribution in [3.05, 3.63) is 60.7 Å². The first-order chi connectivity index (χ1) is 6.45. The summed E-state index contributed by atoms with van der Waals surface area (Å²) in [6.07, 6.45) is 0. The Kier molecular flexibility index (Phi) is 6.56. The van der Waals surface area contributed by atoms with Gasteiger partial charge in [0.1, 0.15) is 0 Å². The first kappa shape index (κ1) is 13.8. The van der Waals surface area contributed by atoms with Crippen LogP contribution in [0.25, 0.3) is 0 Å². The molecule has 80 valence electrons. The summed E-state index contributed by atoms with van der Waals surface area (Å²) < 4.78 is 0. The van der Waals surface area contributed by atoms with E-state index in [0.29, 0.717) is 0 Å². The highest BCUT2D eigenvalue weighted by atomic mass is 31.1. The number of rotatable bonds is 2. The Bertz CT molecular complexity index is 324. The summed E-state index contributed by atoms with van der Waals surface area (Å²) in [6, 6.07) is 21.2. The standard InChI is InChI=1S/C12H11P.2H2O/c1-3-7-11(8-4-1)13-12-9-5-2-6-10-12;;/h1-10,13H;2*1H2. The Morgan fingerprint density at radius 3 is 1.20 bits per heavy atom. The predicted octanol–water partition coefficient (Wildman–Crippen LogP) is 0.667. The van der Waals surface area contributed by atoms with Gasteiger partial charge >= 0.3 is 0 Å². The van der Waals surface area contributed by atoms with E-state index < -0.39 is 0 Å². The molecule has 0 bridgehead atoms. The molecule has 2 aromatic rings. The molecule has 0 saturated carbocycles. The number of hydrogen-bond acceptors (Lipinski definition) is 0. The van der Waals surface area contributed by atoms with Gasteiger partial charge in [-0.05, 0) is 10.6 Å². The average molecular weight is 222 g/mol. The van der Waals surface area contributed by atoms with Gasteiger partial charge in [-0.2, -0.15) is 0 Å². The van der Waals surface area contributed by atoms with Crippen molar-refractivity contribution in [1.82, 2.24) is 0 Å². The van der Waals surface area contributed by atoms with Crippen molar-refractivity contribution >= 4 is 19.2 Å². The molecule has 0 atom stereocenters. The fourth-order valence-corrected chi connectivity index (χ4v) is 2.26. The van der Waals surface area contributed by atoms with Crippen molar-refractivity contribution in [3.63, 3.8) is 0 Å². The van der Waals surface area contributed by atoms with Crippen molar-refractivity contribution in [3.8, 4) is 0 Å². The van der Waals surface area contributed by atoms with Gasteiger partial charge in [0, 0.05) is 0 Å². The first-order valence-corrected chi connectivity index (χ1v) is 5.32. The van der Waals surface area contributed by atoms with Crippen LogP contribution < -0.4 is 10.6 Å². The molecule has 2 aromatic carbocycles. The fourth-order valence-electron chi connectivity index (χ4n) is 1.21. The van der Waals surface area contributed by atoms with Crippen LogP contribution in [0.5, 0.6) is 0 Å². The molecule has 0 saturated heterocycles. The van der Waals surface area contributed by atoms with Crippen LogP contribution in [-0.2, 0) is 0 Å². The summed E-state index contributed by atoms with van der Waals surface area (Å²) in [5.74, 6) is 0. The Labute approximate surface area is 91.4 Å². The molecule has 4 N–H and O–H groups in total. The van der Waals surface area contributed by atoms with Crippen LogP contribution in [0.1, 0.15) is 0 Å². The largest absolute Gasteiger partial charge is 0.412 e. The third kappa shape index (κ3) is 4.22. The van der Waals surface area contributed by atoms with Crippen molar-refractivity contribution in [1.29, 1.82) is 0 Å². The smallest absolute Gasteiger partial charge is 0.0226 e. The van der Waals surface area contributed by atoms with Crippen LogP contribution in [0.4, 0.5) is 0 Å². The van der Waals surface area contributed by atoms with E-state index in [1.165, 1.54) is 10.6 Å². The molecule has 0 heterocycles. The van der Waals surface area contributed by atoms with Crippen LogP contribution >= 0.6 is 8.58 Å². The lowest BCUT2D eigenvalue weighted by Crippen LogP contribution is -2.01. The molecular formula is C12H15O2P. The highest BCUT2D eigenvalue weighted by molar-refractivity contribution is 7.55. The van der Waals surface area contributed by atoms with Crippen molar-refractivity contribution in [2.24, 2.45) is 0 Å². The summed E-state index contributed by atoms with van der Waals surface area (Å²) in [5, 5.41) is 2.79. The highest BCUT2D eigenvalue weighted by Gasteiger charge is 1.92. The van der Waals surface area contributed by atoms with Crippen molar-refractivity contribution < 1.29 is 11.0 Å². The molecule has 0 aromatic heterocycles. The Morgan fingerprint density at radius 2 is 0.867 bits per heavy atom. The van der Waals surface area contributed by atoms with E-state index in [1.54, 1.807) is 0 Å². The lowest BCUT2D eigenvalue weighted by atomic mass is 10.4. The summed E-state index contributed by atoms with van der Waals surface area (Å²) in [5.41, 5.74) is 0. The molecule has 0 spiro atoms. The van der Waals surface area contributed by atoms with Crippen LogP contribution in [0, 0.1) is 0 Å². The molecule has 0 aliphatic heterocycles. The number of benzene rings is 2. The minimum atomic E-state index is 0. The van der Waals surface area contributed by atoms with Crippen molar-refractivity contribution in [2.45, 2.75) is 0 Å². The minimum absolute atomic E-state index is 0. The van der Waals surface area contributed by atoms with Crippen molar-refractivity contribution in [2.75, 3.05) is 0 Å². The second kappa shape index (κ2) is 7.13. The summed E-state index contributed by atoms with van der Waals surface area (Å²) in [6.45, 7) is 0. The van der Waals surface area contributed by atoms with Crippen LogP contribution in [0.2, 0.25) is 0 Å². The molecule has 2 nitrogen and oxygen atoms in total. The monoisotopic (exact) mass is 222 g/mol. The third-order valence-corrected chi connectivity index (χ3v) is 3.08. The molecule has 0 aliphatic rings. The topological polar surface area (TPSA) is 63.0 Å². The maximum atomic E-state index is 2.17. The first-order valence-electron chi connectivity index (χ1n) is 4.32. The van der Waals surface area contributed by atoms with Crippen LogP contribution in [0.15, 0.2) is 60.7 Å². The van der Waals surface area contributed by atoms with Gasteiger partial charge in [0.15, 0.2) is 0 Å². The summed E-state index contributed by atoms with van der Waals surface area (Å²) >= 11 is 0. The molecule has 15 heavy (non-hydrogen) atoms. The Morgan fingerprint density at radius 1 is 0.533 bits per heavy atom. The van der Waals surface area contributed by atoms with E-state index >= 15 is 0 Å². The average Bonchev–Trinajstić information content (AvgIpc) is 2.21. The van der Waals surface area contributed by atoms with Gasteiger partial charge in [-0.25, -0.2) is 0 Å². The van der Waals surface area contributed by atoms with E-state index in [4.69, 9.17) is 0 Å². The summed E-state index contributed by atoms with van der Waals surface area (Å²) in [4.78, 5) is 0. The van der Waals surface area contributed by atoms with Gasteiger partial charge in [0.05, 0.1) is 0 Å². The zero-order chi connectivity index (χ0) is 8.93. The van der Waals surface area contributed by atoms with Gasteiger partial charge in [-0.3, -0.25) is 0 Å². The van der Waals surface area contributed by atoms with Crippen LogP contribution in [0.3, 0.4) is 0 Å². The second-order valence-corrected chi connectivity index (χ2v) is 4.26. The molecule has 0 radical (unpaired) electrons. The Balaban J connectivity index is 0.000000980. The highest BCUT2D eigenvalue weighted by Crippen LogP contribution is 2.08. The predicted molar refractivity (Wildman–Crippen MR) is 67.7 cm³/mol. The lowest BCUT2D eigenvalue weighted by Gasteiger charge is -2.00.